The van der Waals surface area contributed by atoms with Crippen LogP contribution in [0.3, 0.4) is 0 Å². The van der Waals surface area contributed by atoms with Gasteiger partial charge in [0.1, 0.15) is 0 Å². The van der Waals surface area contributed by atoms with Crippen molar-refractivity contribution in [3.63, 3.8) is 0 Å². The van der Waals surface area contributed by atoms with E-state index in [-0.39, 0.29) is 17.4 Å². The van der Waals surface area contributed by atoms with Gasteiger partial charge in [0.2, 0.25) is 10.0 Å². The zero-order chi connectivity index (χ0) is 14.6. The van der Waals surface area contributed by atoms with E-state index in [0.29, 0.717) is 16.0 Å². The van der Waals surface area contributed by atoms with Gasteiger partial charge in [-0.3, -0.25) is 0 Å². The molecule has 1 atom stereocenters. The lowest BCUT2D eigenvalue weighted by atomic mass is 10.2. The molecule has 0 saturated heterocycles. The first-order chi connectivity index (χ1) is 8.82. The predicted molar refractivity (Wildman–Crippen MR) is 78.4 cm³/mol. The summed E-state index contributed by atoms with van der Waals surface area (Å²) < 4.78 is 26.7. The third-order valence-corrected chi connectivity index (χ3v) is 5.73. The molecule has 104 valence electrons. The molecule has 4 nitrogen and oxygen atoms in total. The van der Waals surface area contributed by atoms with Gasteiger partial charge in [0.15, 0.2) is 0 Å². The first-order valence-corrected chi connectivity index (χ1v) is 8.28. The molecule has 0 radical (unpaired) electrons. The van der Waals surface area contributed by atoms with E-state index >= 15 is 0 Å². The van der Waals surface area contributed by atoms with E-state index in [1.165, 1.54) is 22.5 Å². The van der Waals surface area contributed by atoms with Gasteiger partial charge in [-0.15, -0.1) is 0 Å². The Hall–Kier alpha value is -0.610. The third kappa shape index (κ3) is 3.93. The molecule has 0 spiro atoms. The summed E-state index contributed by atoms with van der Waals surface area (Å²) in [6.45, 7) is 3.92. The number of nitriles is 1. The van der Waals surface area contributed by atoms with E-state index < -0.39 is 10.0 Å². The maximum Gasteiger partial charge on any atom is 0.243 e. The Morgan fingerprint density at radius 3 is 2.63 bits per heavy atom. The molecule has 0 aliphatic rings. The van der Waals surface area contributed by atoms with Crippen LogP contribution >= 0.6 is 27.5 Å². The van der Waals surface area contributed by atoms with Crippen LogP contribution in [-0.2, 0) is 10.0 Å². The fourth-order valence-electron chi connectivity index (χ4n) is 1.53. The minimum absolute atomic E-state index is 0.163. The average Bonchev–Trinajstić information content (AvgIpc) is 2.38. The second-order valence-corrected chi connectivity index (χ2v) is 7.26. The lowest BCUT2D eigenvalue weighted by Crippen LogP contribution is -2.34. The van der Waals surface area contributed by atoms with Gasteiger partial charge in [0.05, 0.1) is 21.9 Å². The van der Waals surface area contributed by atoms with Crippen molar-refractivity contribution in [1.29, 1.82) is 5.26 Å². The minimum atomic E-state index is -3.60. The summed E-state index contributed by atoms with van der Waals surface area (Å²) in [7, 11) is -3.60. The molecule has 0 fully saturated rings. The highest BCUT2D eigenvalue weighted by Gasteiger charge is 2.25. The molecule has 1 unspecified atom stereocenters. The molecule has 0 aliphatic heterocycles. The van der Waals surface area contributed by atoms with Crippen molar-refractivity contribution in [1.82, 2.24) is 4.31 Å². The maximum atomic E-state index is 12.4. The molecule has 1 aromatic rings. The standard InChI is InChI=1S/C12H14BrClN2O2S/c1-3-16(8-9(2)7-15)19(17,18)10-4-5-12(14)11(13)6-10/h4-6,9H,3,8H2,1-2H3. The topological polar surface area (TPSA) is 61.2 Å². The number of hydrogen-bond donors (Lipinski definition) is 0. The molecule has 0 heterocycles. The zero-order valence-corrected chi connectivity index (χ0v) is 13.8. The largest absolute Gasteiger partial charge is 0.243 e. The predicted octanol–water partition coefficient (Wildman–Crippen LogP) is 3.27. The highest BCUT2D eigenvalue weighted by molar-refractivity contribution is 9.10. The molecular formula is C12H14BrClN2O2S. The summed E-state index contributed by atoms with van der Waals surface area (Å²) >= 11 is 9.06. The average molecular weight is 366 g/mol. The highest BCUT2D eigenvalue weighted by Crippen LogP contribution is 2.27. The normalized spacial score (nSPS) is 13.3. The molecule has 0 bridgehead atoms. The zero-order valence-electron chi connectivity index (χ0n) is 10.6. The van der Waals surface area contributed by atoms with Crippen LogP contribution in [-0.4, -0.2) is 25.8 Å². The van der Waals surface area contributed by atoms with E-state index in [2.05, 4.69) is 15.9 Å². The van der Waals surface area contributed by atoms with E-state index in [9.17, 15) is 8.42 Å². The fraction of sp³-hybridized carbons (Fsp3) is 0.417. The van der Waals surface area contributed by atoms with Crippen molar-refractivity contribution >= 4 is 37.6 Å². The van der Waals surface area contributed by atoms with Crippen LogP contribution in [0.1, 0.15) is 13.8 Å². The van der Waals surface area contributed by atoms with Crippen LogP contribution in [0.4, 0.5) is 0 Å². The van der Waals surface area contributed by atoms with E-state index in [0.717, 1.165) is 0 Å². The quantitative estimate of drug-likeness (QED) is 0.804. The van der Waals surface area contributed by atoms with Gasteiger partial charge in [-0.05, 0) is 41.1 Å². The second kappa shape index (κ2) is 6.71. The number of sulfonamides is 1. The van der Waals surface area contributed by atoms with Gasteiger partial charge in [0, 0.05) is 17.6 Å². The van der Waals surface area contributed by atoms with Gasteiger partial charge in [0.25, 0.3) is 0 Å². The molecule has 0 amide bonds. The fourth-order valence-corrected chi connectivity index (χ4v) is 3.74. The SMILES string of the molecule is CCN(CC(C)C#N)S(=O)(=O)c1ccc(Cl)c(Br)c1. The van der Waals surface area contributed by atoms with Crippen molar-refractivity contribution in [2.24, 2.45) is 5.92 Å². The molecule has 1 aromatic carbocycles. The van der Waals surface area contributed by atoms with Crippen molar-refractivity contribution in [3.8, 4) is 6.07 Å². The number of benzene rings is 1. The summed E-state index contributed by atoms with van der Waals surface area (Å²) in [5, 5.41) is 9.25. The monoisotopic (exact) mass is 364 g/mol. The van der Waals surface area contributed by atoms with Crippen LogP contribution in [0.5, 0.6) is 0 Å². The van der Waals surface area contributed by atoms with Crippen LogP contribution < -0.4 is 0 Å². The summed E-state index contributed by atoms with van der Waals surface area (Å²) in [4.78, 5) is 0.163. The summed E-state index contributed by atoms with van der Waals surface area (Å²) in [6.07, 6.45) is 0. The van der Waals surface area contributed by atoms with E-state index in [1.807, 2.05) is 6.07 Å². The van der Waals surface area contributed by atoms with Crippen molar-refractivity contribution in [2.45, 2.75) is 18.7 Å². The summed E-state index contributed by atoms with van der Waals surface area (Å²) in [5.41, 5.74) is 0. The van der Waals surface area contributed by atoms with Gasteiger partial charge in [-0.2, -0.15) is 9.57 Å². The van der Waals surface area contributed by atoms with Crippen LogP contribution in [0.2, 0.25) is 5.02 Å². The summed E-state index contributed by atoms with van der Waals surface area (Å²) in [5.74, 6) is -0.356. The third-order valence-electron chi connectivity index (χ3n) is 2.58. The van der Waals surface area contributed by atoms with Crippen molar-refractivity contribution in [2.75, 3.05) is 13.1 Å². The molecule has 0 aliphatic carbocycles. The molecule has 1 rings (SSSR count). The summed E-state index contributed by atoms with van der Waals surface area (Å²) in [6, 6.07) is 6.50. The van der Waals surface area contributed by atoms with Crippen LogP contribution in [0.15, 0.2) is 27.6 Å². The first-order valence-electron chi connectivity index (χ1n) is 5.67. The van der Waals surface area contributed by atoms with Crippen molar-refractivity contribution in [3.05, 3.63) is 27.7 Å². The van der Waals surface area contributed by atoms with Gasteiger partial charge in [-0.25, -0.2) is 8.42 Å². The molecule has 7 heteroatoms. The first kappa shape index (κ1) is 16.4. The molecule has 0 aromatic heterocycles. The lowest BCUT2D eigenvalue weighted by molar-refractivity contribution is 0.400. The van der Waals surface area contributed by atoms with Crippen LogP contribution in [0.25, 0.3) is 0 Å². The molecular weight excluding hydrogens is 352 g/mol. The Labute approximate surface area is 127 Å². The van der Waals surface area contributed by atoms with E-state index in [1.54, 1.807) is 13.8 Å². The molecule has 0 saturated carbocycles. The molecule has 19 heavy (non-hydrogen) atoms. The van der Waals surface area contributed by atoms with Gasteiger partial charge >= 0.3 is 0 Å². The van der Waals surface area contributed by atoms with Gasteiger partial charge in [-0.1, -0.05) is 18.5 Å². The molecule has 0 N–H and O–H groups in total. The Kier molecular flexibility index (Phi) is 5.81. The Morgan fingerprint density at radius 2 is 2.16 bits per heavy atom. The second-order valence-electron chi connectivity index (χ2n) is 4.06. The minimum Gasteiger partial charge on any atom is -0.207 e. The number of hydrogen-bond acceptors (Lipinski definition) is 3. The Bertz CT molecular complexity index is 598. The lowest BCUT2D eigenvalue weighted by Gasteiger charge is -2.21. The van der Waals surface area contributed by atoms with Crippen LogP contribution in [0, 0.1) is 17.2 Å². The maximum absolute atomic E-state index is 12.4. The van der Waals surface area contributed by atoms with Gasteiger partial charge < -0.3 is 0 Å². The number of halogens is 2. The van der Waals surface area contributed by atoms with Crippen molar-refractivity contribution < 1.29 is 8.42 Å². The number of nitrogens with zero attached hydrogens (tertiary/aromatic N) is 2. The number of rotatable bonds is 5. The Balaban J connectivity index is 3.14. The Morgan fingerprint density at radius 1 is 1.53 bits per heavy atom. The smallest absolute Gasteiger partial charge is 0.207 e. The highest BCUT2D eigenvalue weighted by atomic mass is 79.9. The van der Waals surface area contributed by atoms with E-state index in [4.69, 9.17) is 16.9 Å².